The highest BCUT2D eigenvalue weighted by molar-refractivity contribution is 6.22. The van der Waals surface area contributed by atoms with Crippen LogP contribution in [0.5, 0.6) is 0 Å². The Labute approximate surface area is 403 Å². The Hall–Kier alpha value is -2.14. The molecule has 1 unspecified atom stereocenters. The summed E-state index contributed by atoms with van der Waals surface area (Å²) in [5.74, 6) is -1.20. The summed E-state index contributed by atoms with van der Waals surface area (Å²) >= 11 is 0. The summed E-state index contributed by atoms with van der Waals surface area (Å²) in [6, 6.07) is 0. The predicted octanol–water partition coefficient (Wildman–Crippen LogP) is 18.0. The van der Waals surface area contributed by atoms with E-state index < -0.39 is 23.3 Å². The van der Waals surface area contributed by atoms with E-state index in [0.717, 1.165) is 77.0 Å². The van der Waals surface area contributed by atoms with Crippen molar-refractivity contribution in [1.82, 2.24) is 0 Å². The van der Waals surface area contributed by atoms with Gasteiger partial charge in [-0.25, -0.2) is 19.2 Å². The molecule has 0 heterocycles. The number of hydrogen-bond acceptors (Lipinski definition) is 7. The fourth-order valence-corrected chi connectivity index (χ4v) is 9.02. The van der Waals surface area contributed by atoms with Crippen LogP contribution < -0.4 is 0 Å². The minimum atomic E-state index is -2.59. The molecular formula is C58H108O7. The van der Waals surface area contributed by atoms with Crippen LogP contribution in [0, 0.1) is 5.41 Å². The third-order valence-corrected chi connectivity index (χ3v) is 13.5. The van der Waals surface area contributed by atoms with Gasteiger partial charge in [-0.3, -0.25) is 0 Å². The lowest BCUT2D eigenvalue weighted by Gasteiger charge is -2.28. The number of rotatable bonds is 52. The molecule has 0 aliphatic rings. The van der Waals surface area contributed by atoms with Crippen molar-refractivity contribution in [3.8, 4) is 0 Å². The van der Waals surface area contributed by atoms with Gasteiger partial charge in [-0.2, -0.15) is 0 Å². The fourth-order valence-electron chi connectivity index (χ4n) is 9.02. The SMILES string of the molecule is CCCCCCCCCCCCCCOC(=O)C(C(=O)OCCCCCCCCCCCC)(C(=O)OCCCCCCCCCCCCC)C(=C=O)CCCCCCCCCCCCC. The Balaban J connectivity index is 5.69. The summed E-state index contributed by atoms with van der Waals surface area (Å²) in [6.07, 6.45) is 50.4. The van der Waals surface area contributed by atoms with E-state index in [9.17, 15) is 19.2 Å². The monoisotopic (exact) mass is 917 g/mol. The van der Waals surface area contributed by atoms with Crippen LogP contribution in [0.2, 0.25) is 0 Å². The van der Waals surface area contributed by atoms with Gasteiger partial charge >= 0.3 is 17.9 Å². The lowest BCUT2D eigenvalue weighted by molar-refractivity contribution is -0.181. The van der Waals surface area contributed by atoms with Crippen LogP contribution in [0.25, 0.3) is 0 Å². The maximum absolute atomic E-state index is 14.3. The van der Waals surface area contributed by atoms with E-state index in [0.29, 0.717) is 25.7 Å². The molecule has 0 aliphatic carbocycles. The van der Waals surface area contributed by atoms with Crippen LogP contribution in [-0.2, 0) is 33.4 Å². The van der Waals surface area contributed by atoms with Crippen molar-refractivity contribution >= 4 is 23.8 Å². The first-order valence-corrected chi connectivity index (χ1v) is 28.7. The van der Waals surface area contributed by atoms with Crippen LogP contribution >= 0.6 is 0 Å². The summed E-state index contributed by atoms with van der Waals surface area (Å²) < 4.78 is 17.4. The van der Waals surface area contributed by atoms with Crippen molar-refractivity contribution in [2.24, 2.45) is 5.41 Å². The first-order valence-electron chi connectivity index (χ1n) is 28.7. The van der Waals surface area contributed by atoms with Gasteiger partial charge in [0.1, 0.15) is 5.94 Å². The molecule has 0 spiro atoms. The molecule has 0 bridgehead atoms. The summed E-state index contributed by atoms with van der Waals surface area (Å²) in [4.78, 5) is 55.9. The molecular weight excluding hydrogens is 809 g/mol. The van der Waals surface area contributed by atoms with Gasteiger partial charge in [-0.15, -0.1) is 0 Å². The quantitative estimate of drug-likeness (QED) is 0.0197. The van der Waals surface area contributed by atoms with Crippen molar-refractivity contribution in [1.29, 1.82) is 0 Å². The van der Waals surface area contributed by atoms with Crippen molar-refractivity contribution in [3.05, 3.63) is 5.57 Å². The molecule has 0 radical (unpaired) electrons. The van der Waals surface area contributed by atoms with E-state index in [4.69, 9.17) is 14.2 Å². The number of hydrogen-bond donors (Lipinski definition) is 0. The lowest BCUT2D eigenvalue weighted by atomic mass is 9.78. The van der Waals surface area contributed by atoms with E-state index in [2.05, 4.69) is 27.7 Å². The minimum absolute atomic E-state index is 0.0690. The number of carbonyl (C=O) groups excluding carboxylic acids is 4. The summed E-state index contributed by atoms with van der Waals surface area (Å²) in [6.45, 7) is 9.18. The normalized spacial score (nSPS) is 12.2. The zero-order chi connectivity index (χ0) is 47.6. The lowest BCUT2D eigenvalue weighted by Crippen LogP contribution is -2.51. The van der Waals surface area contributed by atoms with Gasteiger partial charge in [0.25, 0.3) is 5.41 Å². The van der Waals surface area contributed by atoms with Crippen molar-refractivity contribution in [2.45, 2.75) is 317 Å². The first-order chi connectivity index (χ1) is 32.0. The molecule has 7 nitrogen and oxygen atoms in total. The van der Waals surface area contributed by atoms with Crippen molar-refractivity contribution < 1.29 is 33.4 Å². The second-order valence-electron chi connectivity index (χ2n) is 19.6. The molecule has 0 fully saturated rings. The average Bonchev–Trinajstić information content (AvgIpc) is 3.31. The third-order valence-electron chi connectivity index (χ3n) is 13.5. The number of esters is 3. The van der Waals surface area contributed by atoms with Gasteiger partial charge in [-0.05, 0) is 32.1 Å². The van der Waals surface area contributed by atoms with E-state index in [1.54, 1.807) is 0 Å². The highest BCUT2D eigenvalue weighted by atomic mass is 16.6. The molecule has 0 saturated carbocycles. The molecule has 0 saturated heterocycles. The van der Waals surface area contributed by atoms with Crippen LogP contribution in [-0.4, -0.2) is 43.7 Å². The molecule has 0 amide bonds. The fraction of sp³-hybridized carbons (Fsp3) is 0.914. The summed E-state index contributed by atoms with van der Waals surface area (Å²) in [7, 11) is 0. The number of ether oxygens (including phenoxy) is 3. The van der Waals surface area contributed by atoms with Gasteiger partial charge in [0.2, 0.25) is 0 Å². The zero-order valence-electron chi connectivity index (χ0n) is 43.8. The van der Waals surface area contributed by atoms with E-state index >= 15 is 0 Å². The standard InChI is InChI=1S/C58H108O7/c1-5-9-13-17-21-25-29-32-36-40-44-48-52-65-57(62)58(55(60)63-50-46-42-38-34-28-24-20-16-12-8-4,54(53-59)49-45-41-37-33-30-26-22-18-14-10-6-2)56(61)64-51-47-43-39-35-31-27-23-19-15-11-7-3/h5-52H2,1-4H3. The molecule has 0 aromatic carbocycles. The van der Waals surface area contributed by atoms with Gasteiger partial charge in [0.05, 0.1) is 25.4 Å². The molecule has 7 heteroatoms. The van der Waals surface area contributed by atoms with E-state index in [1.165, 1.54) is 180 Å². The van der Waals surface area contributed by atoms with Crippen molar-refractivity contribution in [2.75, 3.05) is 19.8 Å². The van der Waals surface area contributed by atoms with E-state index in [-0.39, 0.29) is 31.8 Å². The summed E-state index contributed by atoms with van der Waals surface area (Å²) in [5.41, 5.74) is -2.79. The van der Waals surface area contributed by atoms with Gasteiger partial charge in [-0.1, -0.05) is 285 Å². The Kier molecular flexibility index (Phi) is 48.1. The number of unbranched alkanes of at least 4 members (excludes halogenated alkanes) is 40. The topological polar surface area (TPSA) is 96.0 Å². The maximum atomic E-state index is 14.3. The third kappa shape index (κ3) is 35.6. The molecule has 0 rings (SSSR count). The van der Waals surface area contributed by atoms with Crippen LogP contribution in [0.15, 0.2) is 5.57 Å². The van der Waals surface area contributed by atoms with Gasteiger partial charge < -0.3 is 14.2 Å². The molecule has 0 aromatic heterocycles. The van der Waals surface area contributed by atoms with Crippen LogP contribution in [0.4, 0.5) is 0 Å². The summed E-state index contributed by atoms with van der Waals surface area (Å²) in [5, 5.41) is 0. The molecule has 0 N–H and O–H groups in total. The second-order valence-corrected chi connectivity index (χ2v) is 19.6. The highest BCUT2D eigenvalue weighted by Gasteiger charge is 2.61. The first kappa shape index (κ1) is 62.9. The maximum Gasteiger partial charge on any atom is 0.340 e. The predicted molar refractivity (Wildman–Crippen MR) is 275 cm³/mol. The average molecular weight is 917 g/mol. The van der Waals surface area contributed by atoms with Crippen LogP contribution in [0.1, 0.15) is 317 Å². The van der Waals surface area contributed by atoms with Crippen molar-refractivity contribution in [3.63, 3.8) is 0 Å². The molecule has 65 heavy (non-hydrogen) atoms. The Morgan fingerprint density at radius 1 is 0.292 bits per heavy atom. The minimum Gasteiger partial charge on any atom is -0.464 e. The Morgan fingerprint density at radius 2 is 0.477 bits per heavy atom. The van der Waals surface area contributed by atoms with Crippen LogP contribution in [0.3, 0.4) is 0 Å². The van der Waals surface area contributed by atoms with Gasteiger partial charge in [0.15, 0.2) is 0 Å². The molecule has 0 aliphatic heterocycles. The largest absolute Gasteiger partial charge is 0.464 e. The Morgan fingerprint density at radius 3 is 0.677 bits per heavy atom. The van der Waals surface area contributed by atoms with Gasteiger partial charge in [0, 0.05) is 0 Å². The zero-order valence-corrected chi connectivity index (χ0v) is 43.8. The Bertz CT molecular complexity index is 1110. The highest BCUT2D eigenvalue weighted by Crippen LogP contribution is 2.36. The number of carbonyl (C=O) groups is 3. The van der Waals surface area contributed by atoms with E-state index in [1.807, 2.05) is 5.94 Å². The smallest absolute Gasteiger partial charge is 0.340 e. The molecule has 0 aromatic rings. The second kappa shape index (κ2) is 49.8. The molecule has 1 atom stereocenters. The molecule has 382 valence electrons.